The highest BCUT2D eigenvalue weighted by Gasteiger charge is 1.93. The van der Waals surface area contributed by atoms with Crippen molar-refractivity contribution in [1.29, 1.82) is 0 Å². The molecule has 0 bridgehead atoms. The molecule has 1 rings (SSSR count). The van der Waals surface area contributed by atoms with E-state index in [0.29, 0.717) is 5.82 Å². The lowest BCUT2D eigenvalue weighted by molar-refractivity contribution is 0.825. The molecule has 0 atom stereocenters. The molecule has 0 amide bonds. The summed E-state index contributed by atoms with van der Waals surface area (Å²) in [6.07, 6.45) is 0. The minimum absolute atomic E-state index is 0.164. The van der Waals surface area contributed by atoms with Crippen molar-refractivity contribution in [2.75, 3.05) is 0 Å². The summed E-state index contributed by atoms with van der Waals surface area (Å²) < 4.78 is 1.44. The number of aromatic nitrogens is 3. The third-order valence-electron chi connectivity index (χ3n) is 1.10. The van der Waals surface area contributed by atoms with Gasteiger partial charge in [-0.1, -0.05) is 0 Å². The highest BCUT2D eigenvalue weighted by Crippen LogP contribution is 1.89. The Hall–Kier alpha value is 0.400. The molecule has 1 aromatic heterocycles. The van der Waals surface area contributed by atoms with Crippen molar-refractivity contribution in [2.45, 2.75) is 6.92 Å². The summed E-state index contributed by atoms with van der Waals surface area (Å²) in [4.78, 5) is 10.5. The molecule has 0 aromatic carbocycles. The molecule has 0 fully saturated rings. The Bertz CT molecular complexity index is 241. The molecule has 1 heterocycles. The maximum atomic E-state index is 10.5. The number of hydrogen-bond acceptors (Lipinski definition) is 2. The van der Waals surface area contributed by atoms with Gasteiger partial charge in [0.2, 0.25) is 0 Å². The largest absolute Gasteiger partial charge is 0.343 e. The summed E-state index contributed by atoms with van der Waals surface area (Å²) in [5, 5.41) is 5.94. The van der Waals surface area contributed by atoms with Crippen molar-refractivity contribution in [1.82, 2.24) is 14.8 Å². The average molecular weight is 367 g/mol. The first kappa shape index (κ1) is 10.4. The number of nitrogens with one attached hydrogen (secondary N) is 1. The van der Waals surface area contributed by atoms with E-state index in [4.69, 9.17) is 0 Å². The minimum atomic E-state index is -0.164. The molecule has 0 radical (unpaired) electrons. The summed E-state index contributed by atoms with van der Waals surface area (Å²) in [5.41, 5.74) is -0.164. The van der Waals surface area contributed by atoms with Gasteiger partial charge in [-0.05, 0) is 6.92 Å². The number of hydrogen-bond donors (Lipinski definition) is 1. The van der Waals surface area contributed by atoms with Crippen LogP contribution in [0.1, 0.15) is 5.82 Å². The van der Waals surface area contributed by atoms with Gasteiger partial charge in [0.25, 0.3) is 0 Å². The van der Waals surface area contributed by atoms with Crippen LogP contribution in [-0.4, -0.2) is 14.8 Å². The molecule has 0 unspecified atom stereocenters. The molecule has 0 aliphatic carbocycles. The summed E-state index contributed by atoms with van der Waals surface area (Å²) in [7, 11) is 1.67. The van der Waals surface area contributed by atoms with Crippen molar-refractivity contribution >= 4 is 37.2 Å². The van der Waals surface area contributed by atoms with Gasteiger partial charge < -0.3 is 0 Å². The standard InChI is InChI=1S/C4H7N3O.I2/c1-3-5-6-4(8)7(3)2;1-2/h1-2H3,(H,6,8);. The number of aryl methyl sites for hydroxylation is 1. The summed E-state index contributed by atoms with van der Waals surface area (Å²) >= 11 is 4.24. The van der Waals surface area contributed by atoms with E-state index in [0.717, 1.165) is 0 Å². The second kappa shape index (κ2) is 5.10. The van der Waals surface area contributed by atoms with Crippen LogP contribution in [0.25, 0.3) is 0 Å². The quantitative estimate of drug-likeness (QED) is 0.701. The van der Waals surface area contributed by atoms with Gasteiger partial charge in [-0.2, -0.15) is 5.10 Å². The molecule has 1 aromatic rings. The fraction of sp³-hybridized carbons (Fsp3) is 0.500. The van der Waals surface area contributed by atoms with E-state index in [-0.39, 0.29) is 5.69 Å². The van der Waals surface area contributed by atoms with Crippen LogP contribution in [0.4, 0.5) is 0 Å². The van der Waals surface area contributed by atoms with E-state index in [9.17, 15) is 4.79 Å². The number of aromatic amines is 1. The zero-order chi connectivity index (χ0) is 8.15. The van der Waals surface area contributed by atoms with Crippen LogP contribution in [0.2, 0.25) is 0 Å². The Labute approximate surface area is 81.7 Å². The first-order chi connectivity index (χ1) is 4.72. The summed E-state index contributed by atoms with van der Waals surface area (Å²) in [5.74, 6) is 0.704. The van der Waals surface area contributed by atoms with Gasteiger partial charge in [0.15, 0.2) is 0 Å². The highest BCUT2D eigenvalue weighted by atomic mass is 128. The lowest BCUT2D eigenvalue weighted by Gasteiger charge is -1.83. The molecule has 58 valence electrons. The molecule has 0 saturated heterocycles. The SMILES string of the molecule is Cc1n[nH]c(=O)n1C.II. The van der Waals surface area contributed by atoms with Crippen molar-refractivity contribution in [2.24, 2.45) is 7.05 Å². The molecule has 0 aliphatic heterocycles. The van der Waals surface area contributed by atoms with E-state index in [1.54, 1.807) is 14.0 Å². The molecule has 6 heteroatoms. The number of H-pyrrole nitrogens is 1. The van der Waals surface area contributed by atoms with Crippen molar-refractivity contribution in [3.63, 3.8) is 0 Å². The maximum Gasteiger partial charge on any atom is 0.343 e. The van der Waals surface area contributed by atoms with E-state index in [1.807, 2.05) is 0 Å². The smallest absolute Gasteiger partial charge is 0.282 e. The Morgan fingerprint density at radius 2 is 2.10 bits per heavy atom. The van der Waals surface area contributed by atoms with Crippen LogP contribution >= 0.6 is 37.2 Å². The van der Waals surface area contributed by atoms with Gasteiger partial charge in [0.05, 0.1) is 0 Å². The predicted octanol–water partition coefficient (Wildman–Crippen LogP) is 1.19. The summed E-state index contributed by atoms with van der Waals surface area (Å²) in [6.45, 7) is 1.76. The summed E-state index contributed by atoms with van der Waals surface area (Å²) in [6, 6.07) is 0. The van der Waals surface area contributed by atoms with Crippen molar-refractivity contribution in [3.05, 3.63) is 16.3 Å². The molecule has 0 spiro atoms. The molecule has 0 saturated carbocycles. The Morgan fingerprint density at radius 3 is 2.20 bits per heavy atom. The second-order valence-corrected chi connectivity index (χ2v) is 1.63. The van der Waals surface area contributed by atoms with Gasteiger partial charge in [0, 0.05) is 44.3 Å². The van der Waals surface area contributed by atoms with Crippen LogP contribution in [0.5, 0.6) is 0 Å². The van der Waals surface area contributed by atoms with E-state index >= 15 is 0 Å². The molecule has 4 nitrogen and oxygen atoms in total. The fourth-order valence-corrected chi connectivity index (χ4v) is 0.426. The molecular weight excluding hydrogens is 360 g/mol. The third kappa shape index (κ3) is 2.56. The zero-order valence-electron chi connectivity index (χ0n) is 5.56. The number of halogens is 2. The molecular formula is C4H7I2N3O. The van der Waals surface area contributed by atoms with Gasteiger partial charge in [0.1, 0.15) is 5.82 Å². The monoisotopic (exact) mass is 367 g/mol. The van der Waals surface area contributed by atoms with Crippen LogP contribution < -0.4 is 5.69 Å². The van der Waals surface area contributed by atoms with E-state index in [1.165, 1.54) is 4.57 Å². The first-order valence-corrected chi connectivity index (χ1v) is 8.72. The molecule has 1 N–H and O–H groups in total. The Balaban J connectivity index is 0.000000371. The average Bonchev–Trinajstić information content (AvgIpc) is 2.25. The van der Waals surface area contributed by atoms with Crippen molar-refractivity contribution < 1.29 is 0 Å². The van der Waals surface area contributed by atoms with E-state index in [2.05, 4.69) is 47.4 Å². The predicted molar refractivity (Wildman–Crippen MR) is 56.6 cm³/mol. The Kier molecular flexibility index (Phi) is 5.31. The minimum Gasteiger partial charge on any atom is -0.282 e. The van der Waals surface area contributed by atoms with Gasteiger partial charge in [-0.25, -0.2) is 9.89 Å². The normalized spacial score (nSPS) is 8.40. The van der Waals surface area contributed by atoms with Gasteiger partial charge in [-0.3, -0.25) is 4.57 Å². The van der Waals surface area contributed by atoms with Gasteiger partial charge >= 0.3 is 5.69 Å². The molecule has 10 heavy (non-hydrogen) atoms. The van der Waals surface area contributed by atoms with Crippen LogP contribution in [0.15, 0.2) is 4.79 Å². The van der Waals surface area contributed by atoms with Gasteiger partial charge in [-0.15, -0.1) is 0 Å². The lowest BCUT2D eigenvalue weighted by Crippen LogP contribution is -2.12. The number of nitrogens with zero attached hydrogens (tertiary/aromatic N) is 2. The first-order valence-electron chi connectivity index (χ1n) is 2.44. The zero-order valence-corrected chi connectivity index (χ0v) is 9.87. The lowest BCUT2D eigenvalue weighted by atomic mass is 10.7. The fourth-order valence-electron chi connectivity index (χ4n) is 0.426. The third-order valence-corrected chi connectivity index (χ3v) is 1.10. The maximum absolute atomic E-state index is 10.5. The van der Waals surface area contributed by atoms with Crippen LogP contribution in [0.3, 0.4) is 0 Å². The van der Waals surface area contributed by atoms with Crippen molar-refractivity contribution in [3.8, 4) is 0 Å². The highest BCUT2D eigenvalue weighted by molar-refractivity contribution is 15.0. The van der Waals surface area contributed by atoms with Crippen LogP contribution in [-0.2, 0) is 7.05 Å². The second-order valence-electron chi connectivity index (χ2n) is 1.63. The van der Waals surface area contributed by atoms with Crippen LogP contribution in [0, 0.1) is 6.92 Å². The Morgan fingerprint density at radius 1 is 1.60 bits per heavy atom. The molecule has 0 aliphatic rings. The topological polar surface area (TPSA) is 50.7 Å². The number of rotatable bonds is 0. The van der Waals surface area contributed by atoms with E-state index < -0.39 is 0 Å².